The molecule has 18 heavy (non-hydrogen) atoms. The second-order valence-corrected chi connectivity index (χ2v) is 3.77. The summed E-state index contributed by atoms with van der Waals surface area (Å²) in [5, 5.41) is 0.921. The lowest BCUT2D eigenvalue weighted by Gasteiger charge is -2.33. The van der Waals surface area contributed by atoms with Crippen molar-refractivity contribution in [1.82, 2.24) is 10.4 Å². The number of carbonyl (C=O) groups excluding carboxylic acids is 3. The number of nitrogens with one attached hydrogen (secondary N) is 1. The van der Waals surface area contributed by atoms with Crippen LogP contribution in [0.15, 0.2) is 30.3 Å². The second-order valence-electron chi connectivity index (χ2n) is 3.77. The summed E-state index contributed by atoms with van der Waals surface area (Å²) >= 11 is 0. The van der Waals surface area contributed by atoms with E-state index in [2.05, 4.69) is 5.43 Å². The number of urea groups is 1. The molecule has 0 bridgehead atoms. The first-order chi connectivity index (χ1) is 8.58. The fraction of sp³-hybridized carbons (Fsp3) is 0.182. The summed E-state index contributed by atoms with van der Waals surface area (Å²) in [6.45, 7) is -0.347. The summed E-state index contributed by atoms with van der Waals surface area (Å²) in [6, 6.07) is 7.98. The molecule has 1 aliphatic heterocycles. The van der Waals surface area contributed by atoms with Gasteiger partial charge in [0.05, 0.1) is 0 Å². The van der Waals surface area contributed by atoms with Crippen molar-refractivity contribution in [3.05, 3.63) is 30.3 Å². The zero-order valence-corrected chi connectivity index (χ0v) is 9.50. The minimum Gasteiger partial charge on any atom is -0.350 e. The first-order valence-electron chi connectivity index (χ1n) is 5.30. The van der Waals surface area contributed by atoms with Gasteiger partial charge >= 0.3 is 6.03 Å². The Balaban J connectivity index is 2.13. The van der Waals surface area contributed by atoms with Gasteiger partial charge in [-0.3, -0.25) is 9.59 Å². The number of amides is 4. The lowest BCUT2D eigenvalue weighted by Crippen LogP contribution is -2.60. The Morgan fingerprint density at radius 1 is 1.11 bits per heavy atom. The summed E-state index contributed by atoms with van der Waals surface area (Å²) in [4.78, 5) is 35.6. The van der Waals surface area contributed by atoms with Crippen LogP contribution in [-0.2, 0) is 9.59 Å². The van der Waals surface area contributed by atoms with Crippen LogP contribution >= 0.6 is 0 Å². The Labute approximate surface area is 103 Å². The van der Waals surface area contributed by atoms with Gasteiger partial charge in [0.15, 0.2) is 0 Å². The number of piperazine rings is 1. The van der Waals surface area contributed by atoms with Crippen molar-refractivity contribution in [3.8, 4) is 0 Å². The molecule has 0 saturated carbocycles. The van der Waals surface area contributed by atoms with Crippen LogP contribution in [0.1, 0.15) is 0 Å². The van der Waals surface area contributed by atoms with Crippen molar-refractivity contribution in [2.45, 2.75) is 0 Å². The number of nitrogens with zero attached hydrogens (tertiary/aromatic N) is 2. The third kappa shape index (κ3) is 2.40. The summed E-state index contributed by atoms with van der Waals surface area (Å²) in [5.41, 5.74) is 7.66. The van der Waals surface area contributed by atoms with E-state index in [0.717, 1.165) is 5.01 Å². The Kier molecular flexibility index (Phi) is 3.13. The van der Waals surface area contributed by atoms with Crippen LogP contribution in [0.5, 0.6) is 0 Å². The van der Waals surface area contributed by atoms with E-state index >= 15 is 0 Å². The summed E-state index contributed by atoms with van der Waals surface area (Å²) in [5.74, 6) is -0.674. The summed E-state index contributed by atoms with van der Waals surface area (Å²) < 4.78 is 0. The molecule has 1 fully saturated rings. The van der Waals surface area contributed by atoms with E-state index in [4.69, 9.17) is 5.73 Å². The molecule has 7 nitrogen and oxygen atoms in total. The van der Waals surface area contributed by atoms with E-state index in [1.165, 1.54) is 4.90 Å². The topological polar surface area (TPSA) is 95.7 Å². The van der Waals surface area contributed by atoms with Gasteiger partial charge in [0.2, 0.25) is 5.91 Å². The van der Waals surface area contributed by atoms with E-state index in [1.54, 1.807) is 24.3 Å². The maximum absolute atomic E-state index is 11.9. The smallest absolute Gasteiger partial charge is 0.331 e. The van der Waals surface area contributed by atoms with Crippen LogP contribution in [-0.4, -0.2) is 35.9 Å². The summed E-state index contributed by atoms with van der Waals surface area (Å²) in [6.07, 6.45) is 0. The highest BCUT2D eigenvalue weighted by Gasteiger charge is 2.31. The van der Waals surface area contributed by atoms with E-state index in [9.17, 15) is 14.4 Å². The molecule has 1 aromatic rings. The van der Waals surface area contributed by atoms with Crippen molar-refractivity contribution in [2.24, 2.45) is 5.73 Å². The molecule has 0 spiro atoms. The van der Waals surface area contributed by atoms with Crippen LogP contribution in [0.2, 0.25) is 0 Å². The normalized spacial score (nSPS) is 15.8. The number of para-hydroxylation sites is 1. The maximum atomic E-state index is 11.9. The van der Waals surface area contributed by atoms with Crippen molar-refractivity contribution in [3.63, 3.8) is 0 Å². The molecule has 94 valence electrons. The van der Waals surface area contributed by atoms with Gasteiger partial charge in [0, 0.05) is 5.69 Å². The molecular weight excluding hydrogens is 236 g/mol. The van der Waals surface area contributed by atoms with E-state index in [-0.39, 0.29) is 19.0 Å². The molecule has 0 atom stereocenters. The Hall–Kier alpha value is -2.57. The predicted octanol–water partition coefficient (Wildman–Crippen LogP) is -0.555. The van der Waals surface area contributed by atoms with Crippen molar-refractivity contribution >= 4 is 23.5 Å². The lowest BCUT2D eigenvalue weighted by atomic mass is 10.2. The lowest BCUT2D eigenvalue weighted by molar-refractivity contribution is -0.140. The zero-order chi connectivity index (χ0) is 13.1. The number of rotatable bonds is 2. The molecule has 0 radical (unpaired) electrons. The molecule has 0 aliphatic carbocycles. The average Bonchev–Trinajstić information content (AvgIpc) is 2.34. The molecule has 7 heteroatoms. The molecule has 1 aliphatic rings. The second kappa shape index (κ2) is 4.74. The van der Waals surface area contributed by atoms with Gasteiger partial charge in [-0.05, 0) is 12.1 Å². The molecule has 1 heterocycles. The highest BCUT2D eigenvalue weighted by molar-refractivity contribution is 6.04. The van der Waals surface area contributed by atoms with Crippen LogP contribution < -0.4 is 16.1 Å². The number of hydrogen-bond donors (Lipinski definition) is 2. The quantitative estimate of drug-likeness (QED) is 0.734. The number of hydrogen-bond acceptors (Lipinski definition) is 3. The highest BCUT2D eigenvalue weighted by Crippen LogP contribution is 2.16. The van der Waals surface area contributed by atoms with Gasteiger partial charge < -0.3 is 10.6 Å². The minimum atomic E-state index is -0.871. The Morgan fingerprint density at radius 2 is 1.78 bits per heavy atom. The van der Waals surface area contributed by atoms with Crippen molar-refractivity contribution < 1.29 is 14.4 Å². The monoisotopic (exact) mass is 248 g/mol. The van der Waals surface area contributed by atoms with Crippen molar-refractivity contribution in [2.75, 3.05) is 18.0 Å². The SMILES string of the molecule is NC(=O)NN1CC(=O)N(c2ccccc2)CC1=O. The number of nitrogens with two attached hydrogens (primary N) is 1. The van der Waals surface area contributed by atoms with E-state index in [1.807, 2.05) is 6.07 Å². The van der Waals surface area contributed by atoms with Gasteiger partial charge in [0.25, 0.3) is 5.91 Å². The van der Waals surface area contributed by atoms with Crippen molar-refractivity contribution in [1.29, 1.82) is 0 Å². The van der Waals surface area contributed by atoms with Crippen LogP contribution in [0.25, 0.3) is 0 Å². The van der Waals surface area contributed by atoms with E-state index < -0.39 is 11.9 Å². The number of primary amides is 1. The van der Waals surface area contributed by atoms with Gasteiger partial charge in [0.1, 0.15) is 13.1 Å². The number of benzene rings is 1. The molecule has 2 rings (SSSR count). The molecule has 1 aromatic carbocycles. The molecule has 0 aromatic heterocycles. The van der Waals surface area contributed by atoms with Crippen LogP contribution in [0.4, 0.5) is 10.5 Å². The first kappa shape index (κ1) is 11.9. The highest BCUT2D eigenvalue weighted by atomic mass is 16.2. The molecule has 0 unspecified atom stereocenters. The predicted molar refractivity (Wildman–Crippen MR) is 63.2 cm³/mol. The molecule has 4 amide bonds. The van der Waals surface area contributed by atoms with Gasteiger partial charge in [-0.1, -0.05) is 18.2 Å². The Morgan fingerprint density at radius 3 is 2.39 bits per heavy atom. The first-order valence-corrected chi connectivity index (χ1v) is 5.30. The third-order valence-electron chi connectivity index (χ3n) is 2.50. The fourth-order valence-corrected chi connectivity index (χ4v) is 1.70. The largest absolute Gasteiger partial charge is 0.350 e. The number of anilines is 1. The zero-order valence-electron chi connectivity index (χ0n) is 9.50. The fourth-order valence-electron chi connectivity index (χ4n) is 1.70. The number of carbonyl (C=O) groups is 3. The maximum Gasteiger partial charge on any atom is 0.331 e. The van der Waals surface area contributed by atoms with Crippen LogP contribution in [0, 0.1) is 0 Å². The average molecular weight is 248 g/mol. The van der Waals surface area contributed by atoms with Gasteiger partial charge in [-0.25, -0.2) is 15.2 Å². The Bertz CT molecular complexity index is 488. The summed E-state index contributed by atoms with van der Waals surface area (Å²) in [7, 11) is 0. The standard InChI is InChI=1S/C11H12N4O3/c12-11(18)13-15-7-9(16)14(6-10(15)17)8-4-2-1-3-5-8/h1-5H,6-7H2,(H3,12,13,18). The minimum absolute atomic E-state index is 0.122. The molecule has 3 N–H and O–H groups in total. The van der Waals surface area contributed by atoms with Gasteiger partial charge in [-0.15, -0.1) is 0 Å². The molecule has 1 saturated heterocycles. The van der Waals surface area contributed by atoms with E-state index in [0.29, 0.717) is 5.69 Å². The van der Waals surface area contributed by atoms with Gasteiger partial charge in [-0.2, -0.15) is 0 Å². The number of hydrazine groups is 1. The third-order valence-corrected chi connectivity index (χ3v) is 2.50. The molecular formula is C11H12N4O3. The van der Waals surface area contributed by atoms with Crippen LogP contribution in [0.3, 0.4) is 0 Å².